The third kappa shape index (κ3) is 3.21. The van der Waals surface area contributed by atoms with E-state index in [1.54, 1.807) is 11.8 Å². The minimum absolute atomic E-state index is 0.0807. The minimum atomic E-state index is -3.15. The van der Waals surface area contributed by atoms with Gasteiger partial charge in [0.15, 0.2) is 5.78 Å². The van der Waals surface area contributed by atoms with E-state index in [1.165, 1.54) is 5.56 Å². The largest absolute Gasteiger partial charge is 0.630 e. The molecule has 2 aliphatic rings. The van der Waals surface area contributed by atoms with Crippen molar-refractivity contribution >= 4 is 19.7 Å². The van der Waals surface area contributed by atoms with Gasteiger partial charge in [0.1, 0.15) is 13.2 Å². The molecule has 0 aromatic heterocycles. The zero-order valence-corrected chi connectivity index (χ0v) is 15.2. The maximum Gasteiger partial charge on any atom is 0.256 e. The van der Waals surface area contributed by atoms with E-state index in [9.17, 15) is 4.89 Å². The van der Waals surface area contributed by atoms with Gasteiger partial charge in [-0.1, -0.05) is 44.2 Å². The SMILES string of the molecule is CC1(C)CO[P+]([O-])([C@@H]2N[C@@H](c3ccccc3)SC2(C)C)OC1. The lowest BCUT2D eigenvalue weighted by Gasteiger charge is -2.43. The molecular formula is C16H24NO3PS. The number of rotatable bonds is 2. The molecule has 2 saturated heterocycles. The highest BCUT2D eigenvalue weighted by atomic mass is 32.2. The van der Waals surface area contributed by atoms with Crippen molar-refractivity contribution in [3.05, 3.63) is 35.9 Å². The van der Waals surface area contributed by atoms with E-state index < -0.39 is 7.94 Å². The standard InChI is InChI=1S/C16H24NO3PS/c1-15(2)10-19-21(18,20-11-15)14-16(3,4)22-13(17-14)12-8-6-5-7-9-12/h5-9,13-14,17H,10-11H2,1-4H3/t13-,14+/m1/s1. The second-order valence-corrected chi connectivity index (χ2v) is 11.2. The number of benzene rings is 1. The summed E-state index contributed by atoms with van der Waals surface area (Å²) < 4.78 is 11.3. The molecule has 1 N–H and O–H groups in total. The Morgan fingerprint density at radius 3 is 2.32 bits per heavy atom. The lowest BCUT2D eigenvalue weighted by atomic mass is 9.97. The Balaban J connectivity index is 1.79. The van der Waals surface area contributed by atoms with Crippen LogP contribution in [-0.4, -0.2) is 23.7 Å². The molecule has 0 unspecified atom stereocenters. The molecule has 0 bridgehead atoms. The fourth-order valence-corrected chi connectivity index (χ4v) is 7.27. The van der Waals surface area contributed by atoms with Crippen LogP contribution >= 0.6 is 19.7 Å². The van der Waals surface area contributed by atoms with E-state index in [0.29, 0.717) is 13.2 Å². The van der Waals surface area contributed by atoms with Gasteiger partial charge in [-0.3, -0.25) is 5.32 Å². The fraction of sp³-hybridized carbons (Fsp3) is 0.625. The van der Waals surface area contributed by atoms with Crippen LogP contribution in [0.4, 0.5) is 0 Å². The first-order valence-corrected chi connectivity index (χ1v) is 10.1. The summed E-state index contributed by atoms with van der Waals surface area (Å²) >= 11 is 1.78. The molecule has 2 heterocycles. The number of hydrogen-bond acceptors (Lipinski definition) is 5. The lowest BCUT2D eigenvalue weighted by Crippen LogP contribution is -2.48. The zero-order valence-electron chi connectivity index (χ0n) is 13.5. The van der Waals surface area contributed by atoms with Crippen LogP contribution in [0.25, 0.3) is 0 Å². The van der Waals surface area contributed by atoms with Gasteiger partial charge < -0.3 is 4.89 Å². The molecule has 0 amide bonds. The highest BCUT2D eigenvalue weighted by Crippen LogP contribution is 2.68. The second kappa shape index (κ2) is 5.73. The molecule has 0 spiro atoms. The van der Waals surface area contributed by atoms with Crippen molar-refractivity contribution < 1.29 is 13.9 Å². The normalized spacial score (nSPS) is 32.8. The molecule has 22 heavy (non-hydrogen) atoms. The first-order chi connectivity index (χ1) is 10.2. The Morgan fingerprint density at radius 2 is 1.73 bits per heavy atom. The topological polar surface area (TPSA) is 53.5 Å². The summed E-state index contributed by atoms with van der Waals surface area (Å²) in [6.45, 7) is 9.27. The van der Waals surface area contributed by atoms with E-state index in [1.807, 2.05) is 18.2 Å². The number of thioether (sulfide) groups is 1. The molecule has 0 aliphatic carbocycles. The van der Waals surface area contributed by atoms with E-state index in [0.717, 1.165) is 0 Å². The average Bonchev–Trinajstić information content (AvgIpc) is 2.80. The maximum atomic E-state index is 13.2. The van der Waals surface area contributed by atoms with Gasteiger partial charge in [-0.05, 0) is 19.4 Å². The minimum Gasteiger partial charge on any atom is -0.630 e. The van der Waals surface area contributed by atoms with Crippen molar-refractivity contribution in [1.82, 2.24) is 5.32 Å². The van der Waals surface area contributed by atoms with Gasteiger partial charge in [-0.15, -0.1) is 11.8 Å². The zero-order chi connectivity index (χ0) is 16.0. The van der Waals surface area contributed by atoms with Crippen LogP contribution in [0.15, 0.2) is 30.3 Å². The fourth-order valence-electron chi connectivity index (χ4n) is 2.77. The van der Waals surface area contributed by atoms with E-state index in [2.05, 4.69) is 45.1 Å². The Hall–Kier alpha value is -0.160. The Morgan fingerprint density at radius 1 is 1.14 bits per heavy atom. The molecule has 6 heteroatoms. The Bertz CT molecular complexity index is 527. The average molecular weight is 341 g/mol. The van der Waals surface area contributed by atoms with Crippen LogP contribution < -0.4 is 10.2 Å². The van der Waals surface area contributed by atoms with Crippen molar-refractivity contribution in [2.24, 2.45) is 5.41 Å². The molecule has 1 aromatic carbocycles. The van der Waals surface area contributed by atoms with E-state index in [-0.39, 0.29) is 21.3 Å². The molecule has 122 valence electrons. The second-order valence-electron chi connectivity index (χ2n) is 7.33. The summed E-state index contributed by atoms with van der Waals surface area (Å²) in [5.74, 6) is -0.300. The van der Waals surface area contributed by atoms with Gasteiger partial charge in [-0.2, -0.15) is 0 Å². The van der Waals surface area contributed by atoms with Gasteiger partial charge in [0.25, 0.3) is 7.94 Å². The molecule has 2 aliphatic heterocycles. The van der Waals surface area contributed by atoms with E-state index >= 15 is 0 Å². The van der Waals surface area contributed by atoms with Crippen molar-refractivity contribution in [3.63, 3.8) is 0 Å². The molecular weight excluding hydrogens is 317 g/mol. The monoisotopic (exact) mass is 341 g/mol. The molecule has 0 radical (unpaired) electrons. The number of hydrogen-bond donors (Lipinski definition) is 1. The molecule has 0 saturated carbocycles. The summed E-state index contributed by atoms with van der Waals surface area (Å²) in [4.78, 5) is 13.2. The smallest absolute Gasteiger partial charge is 0.256 e. The summed E-state index contributed by atoms with van der Waals surface area (Å²) in [5, 5.41) is 3.59. The quantitative estimate of drug-likeness (QED) is 0.836. The van der Waals surface area contributed by atoms with Crippen LogP contribution in [0, 0.1) is 5.41 Å². The first kappa shape index (κ1) is 16.7. The number of nitrogens with one attached hydrogen (secondary N) is 1. The van der Waals surface area contributed by atoms with Crippen molar-refractivity contribution in [2.45, 2.75) is 43.6 Å². The molecule has 2 atom stereocenters. The van der Waals surface area contributed by atoms with Gasteiger partial charge in [0, 0.05) is 5.41 Å². The van der Waals surface area contributed by atoms with Crippen LogP contribution in [0.5, 0.6) is 0 Å². The van der Waals surface area contributed by atoms with Gasteiger partial charge in [0.05, 0.1) is 10.1 Å². The predicted octanol–water partition coefficient (Wildman–Crippen LogP) is 3.32. The Kier molecular flexibility index (Phi) is 4.35. The van der Waals surface area contributed by atoms with Gasteiger partial charge in [0.2, 0.25) is 0 Å². The highest BCUT2D eigenvalue weighted by Gasteiger charge is 2.58. The summed E-state index contributed by atoms with van der Waals surface area (Å²) in [7, 11) is -3.15. The molecule has 1 aromatic rings. The first-order valence-electron chi connectivity index (χ1n) is 7.60. The third-order valence-corrected chi connectivity index (χ3v) is 8.15. The van der Waals surface area contributed by atoms with Crippen LogP contribution in [0.1, 0.15) is 38.6 Å². The lowest BCUT2D eigenvalue weighted by molar-refractivity contribution is -0.237. The van der Waals surface area contributed by atoms with Crippen molar-refractivity contribution in [3.8, 4) is 0 Å². The Labute approximate surface area is 137 Å². The van der Waals surface area contributed by atoms with Crippen LogP contribution in [-0.2, 0) is 9.05 Å². The van der Waals surface area contributed by atoms with Gasteiger partial charge in [-0.25, -0.2) is 9.05 Å². The molecule has 3 rings (SSSR count). The molecule has 4 nitrogen and oxygen atoms in total. The van der Waals surface area contributed by atoms with Crippen molar-refractivity contribution in [2.75, 3.05) is 13.2 Å². The third-order valence-electron chi connectivity index (χ3n) is 4.08. The van der Waals surface area contributed by atoms with Crippen molar-refractivity contribution in [1.29, 1.82) is 0 Å². The van der Waals surface area contributed by atoms with Crippen LogP contribution in [0.2, 0.25) is 0 Å². The van der Waals surface area contributed by atoms with E-state index in [4.69, 9.17) is 9.05 Å². The summed E-state index contributed by atoms with van der Waals surface area (Å²) in [6.07, 6.45) is 0. The summed E-state index contributed by atoms with van der Waals surface area (Å²) in [6, 6.07) is 10.2. The predicted molar refractivity (Wildman–Crippen MR) is 90.4 cm³/mol. The maximum absolute atomic E-state index is 13.2. The van der Waals surface area contributed by atoms with Gasteiger partial charge >= 0.3 is 0 Å². The molecule has 2 fully saturated rings. The summed E-state index contributed by atoms with van der Waals surface area (Å²) in [5.41, 5.74) is 1.11. The van der Waals surface area contributed by atoms with Crippen LogP contribution in [0.3, 0.4) is 0 Å². The highest BCUT2D eigenvalue weighted by molar-refractivity contribution is 8.01.